The van der Waals surface area contributed by atoms with E-state index in [-0.39, 0.29) is 11.4 Å². The van der Waals surface area contributed by atoms with E-state index in [0.717, 1.165) is 15.6 Å². The van der Waals surface area contributed by atoms with Crippen LogP contribution in [0.15, 0.2) is 0 Å². The molecule has 0 bridgehead atoms. The Labute approximate surface area is 118 Å². The molecule has 0 spiro atoms. The number of aryl methyl sites for hydroxylation is 1. The third-order valence-electron chi connectivity index (χ3n) is 3.69. The Hall–Kier alpha value is -0.940. The smallest absolute Gasteiger partial charge is 0.263 e. The fourth-order valence-corrected chi connectivity index (χ4v) is 3.52. The largest absolute Gasteiger partial charge is 0.345 e. The third-order valence-corrected chi connectivity index (χ3v) is 5.00. The maximum atomic E-state index is 12.3. The van der Waals surface area contributed by atoms with Gasteiger partial charge in [-0.3, -0.25) is 4.79 Å². The first-order valence-corrected chi connectivity index (χ1v) is 7.74. The number of nitrogens with two attached hydrogens (primary N) is 1. The van der Waals surface area contributed by atoms with Crippen LogP contribution in [0.25, 0.3) is 0 Å². The molecule has 0 radical (unpaired) electrons. The number of hydrogen-bond acceptors (Lipinski definition) is 4. The molecule has 1 saturated carbocycles. The van der Waals surface area contributed by atoms with E-state index in [0.29, 0.717) is 12.5 Å². The summed E-state index contributed by atoms with van der Waals surface area (Å²) in [4.78, 5) is 17.6. The van der Waals surface area contributed by atoms with E-state index >= 15 is 0 Å². The molecule has 3 N–H and O–H groups in total. The average molecular weight is 281 g/mol. The molecule has 0 unspecified atom stereocenters. The fraction of sp³-hybridized carbons (Fsp3) is 0.714. The zero-order valence-electron chi connectivity index (χ0n) is 12.0. The molecule has 5 heteroatoms. The Balaban J connectivity index is 2.14. The SMILES string of the molecule is Cc1nc(C2CCCC2)sc1C(=O)NC(C)(C)CN. The first-order valence-electron chi connectivity index (χ1n) is 6.93. The van der Waals surface area contributed by atoms with Gasteiger partial charge in [0.25, 0.3) is 5.91 Å². The summed E-state index contributed by atoms with van der Waals surface area (Å²) < 4.78 is 0. The van der Waals surface area contributed by atoms with Gasteiger partial charge in [0, 0.05) is 18.0 Å². The number of thiazole rings is 1. The van der Waals surface area contributed by atoms with E-state index < -0.39 is 0 Å². The number of nitrogens with one attached hydrogen (secondary N) is 1. The van der Waals surface area contributed by atoms with Crippen molar-refractivity contribution in [2.45, 2.75) is 57.9 Å². The Morgan fingerprint density at radius 1 is 1.47 bits per heavy atom. The van der Waals surface area contributed by atoms with Crippen LogP contribution in [0.4, 0.5) is 0 Å². The monoisotopic (exact) mass is 281 g/mol. The zero-order valence-corrected chi connectivity index (χ0v) is 12.8. The number of rotatable bonds is 4. The summed E-state index contributed by atoms with van der Waals surface area (Å²) in [6, 6.07) is 0. The zero-order chi connectivity index (χ0) is 14.0. The van der Waals surface area contributed by atoms with Crippen molar-refractivity contribution in [2.75, 3.05) is 6.54 Å². The van der Waals surface area contributed by atoms with Crippen molar-refractivity contribution in [3.8, 4) is 0 Å². The molecule has 1 aliphatic rings. The molecule has 19 heavy (non-hydrogen) atoms. The van der Waals surface area contributed by atoms with Gasteiger partial charge >= 0.3 is 0 Å². The summed E-state index contributed by atoms with van der Waals surface area (Å²) >= 11 is 1.55. The second kappa shape index (κ2) is 5.59. The third kappa shape index (κ3) is 3.34. The van der Waals surface area contributed by atoms with E-state index in [4.69, 9.17) is 5.73 Å². The normalized spacial score (nSPS) is 16.8. The van der Waals surface area contributed by atoms with E-state index in [9.17, 15) is 4.79 Å². The van der Waals surface area contributed by atoms with Gasteiger partial charge in [0.2, 0.25) is 0 Å². The number of carbonyl (C=O) groups excluding carboxylic acids is 1. The minimum atomic E-state index is -0.374. The van der Waals surface area contributed by atoms with Crippen molar-refractivity contribution in [3.63, 3.8) is 0 Å². The van der Waals surface area contributed by atoms with Crippen LogP contribution in [0.5, 0.6) is 0 Å². The maximum Gasteiger partial charge on any atom is 0.263 e. The van der Waals surface area contributed by atoms with Crippen molar-refractivity contribution in [1.82, 2.24) is 10.3 Å². The van der Waals surface area contributed by atoms with Crippen molar-refractivity contribution in [3.05, 3.63) is 15.6 Å². The maximum absolute atomic E-state index is 12.3. The van der Waals surface area contributed by atoms with E-state index in [2.05, 4.69) is 10.3 Å². The van der Waals surface area contributed by atoms with Gasteiger partial charge in [-0.2, -0.15) is 0 Å². The van der Waals surface area contributed by atoms with Gasteiger partial charge in [-0.15, -0.1) is 11.3 Å². The van der Waals surface area contributed by atoms with E-state index in [1.54, 1.807) is 11.3 Å². The number of amides is 1. The van der Waals surface area contributed by atoms with Crippen LogP contribution in [-0.4, -0.2) is 23.0 Å². The molecular weight excluding hydrogens is 258 g/mol. The van der Waals surface area contributed by atoms with Gasteiger partial charge < -0.3 is 11.1 Å². The predicted octanol–water partition coefficient (Wildman–Crippen LogP) is 2.58. The quantitative estimate of drug-likeness (QED) is 0.891. The second-order valence-corrected chi connectivity index (χ2v) is 7.02. The van der Waals surface area contributed by atoms with E-state index in [1.807, 2.05) is 20.8 Å². The number of aromatic nitrogens is 1. The number of nitrogens with zero attached hydrogens (tertiary/aromatic N) is 1. The van der Waals surface area contributed by atoms with Gasteiger partial charge in [-0.05, 0) is 33.6 Å². The van der Waals surface area contributed by atoms with E-state index in [1.165, 1.54) is 25.7 Å². The molecule has 0 aromatic carbocycles. The first-order chi connectivity index (χ1) is 8.93. The summed E-state index contributed by atoms with van der Waals surface area (Å²) in [7, 11) is 0. The lowest BCUT2D eigenvalue weighted by Crippen LogP contribution is -2.48. The average Bonchev–Trinajstić information content (AvgIpc) is 2.96. The predicted molar refractivity (Wildman–Crippen MR) is 78.7 cm³/mol. The molecule has 1 heterocycles. The molecule has 0 atom stereocenters. The van der Waals surface area contributed by atoms with Crippen LogP contribution in [0.1, 0.15) is 65.8 Å². The van der Waals surface area contributed by atoms with Gasteiger partial charge in [0.15, 0.2) is 0 Å². The Morgan fingerprint density at radius 3 is 2.68 bits per heavy atom. The first kappa shape index (κ1) is 14.5. The molecule has 106 valence electrons. The lowest BCUT2D eigenvalue weighted by atomic mass is 10.1. The van der Waals surface area contributed by atoms with Crippen LogP contribution < -0.4 is 11.1 Å². The number of carbonyl (C=O) groups is 1. The highest BCUT2D eigenvalue weighted by Gasteiger charge is 2.26. The standard InChI is InChI=1S/C14H23N3OS/c1-9-11(12(18)17-14(2,3)8-15)19-13(16-9)10-6-4-5-7-10/h10H,4-8,15H2,1-3H3,(H,17,18). The van der Waals surface area contributed by atoms with Gasteiger partial charge in [-0.25, -0.2) is 4.98 Å². The van der Waals surface area contributed by atoms with Gasteiger partial charge in [0.05, 0.1) is 10.7 Å². The summed E-state index contributed by atoms with van der Waals surface area (Å²) in [5.74, 6) is 0.516. The second-order valence-electron chi connectivity index (χ2n) is 5.99. The molecule has 1 fully saturated rings. The number of hydrogen-bond donors (Lipinski definition) is 2. The minimum Gasteiger partial charge on any atom is -0.345 e. The molecular formula is C14H23N3OS. The summed E-state index contributed by atoms with van der Waals surface area (Å²) in [6.07, 6.45) is 4.99. The molecule has 2 rings (SSSR count). The lowest BCUT2D eigenvalue weighted by molar-refractivity contribution is 0.0919. The molecule has 1 aromatic heterocycles. The van der Waals surface area contributed by atoms with Crippen molar-refractivity contribution >= 4 is 17.2 Å². The van der Waals surface area contributed by atoms with Crippen molar-refractivity contribution in [1.29, 1.82) is 0 Å². The molecule has 0 aliphatic heterocycles. The molecule has 1 aromatic rings. The van der Waals surface area contributed by atoms with Crippen LogP contribution in [0.2, 0.25) is 0 Å². The van der Waals surface area contributed by atoms with Crippen LogP contribution in [0, 0.1) is 6.92 Å². The van der Waals surface area contributed by atoms with Crippen LogP contribution in [-0.2, 0) is 0 Å². The Kier molecular flexibility index (Phi) is 4.26. The summed E-state index contributed by atoms with van der Waals surface area (Å²) in [6.45, 7) is 6.20. The lowest BCUT2D eigenvalue weighted by Gasteiger charge is -2.23. The molecule has 1 aliphatic carbocycles. The highest BCUT2D eigenvalue weighted by atomic mass is 32.1. The summed E-state index contributed by atoms with van der Waals surface area (Å²) in [5.41, 5.74) is 6.12. The fourth-order valence-electron chi connectivity index (χ4n) is 2.39. The molecule has 0 saturated heterocycles. The van der Waals surface area contributed by atoms with Crippen molar-refractivity contribution < 1.29 is 4.79 Å². The van der Waals surface area contributed by atoms with Crippen molar-refractivity contribution in [2.24, 2.45) is 5.73 Å². The topological polar surface area (TPSA) is 68.0 Å². The minimum absolute atomic E-state index is 0.0466. The molecule has 1 amide bonds. The molecule has 4 nitrogen and oxygen atoms in total. The Morgan fingerprint density at radius 2 is 2.11 bits per heavy atom. The highest BCUT2D eigenvalue weighted by molar-refractivity contribution is 7.13. The van der Waals surface area contributed by atoms with Gasteiger partial charge in [0.1, 0.15) is 4.88 Å². The highest BCUT2D eigenvalue weighted by Crippen LogP contribution is 2.37. The summed E-state index contributed by atoms with van der Waals surface area (Å²) in [5, 5.41) is 4.10. The Bertz CT molecular complexity index is 461. The van der Waals surface area contributed by atoms with Gasteiger partial charge in [-0.1, -0.05) is 12.8 Å². The van der Waals surface area contributed by atoms with Crippen LogP contribution >= 0.6 is 11.3 Å². The van der Waals surface area contributed by atoms with Crippen LogP contribution in [0.3, 0.4) is 0 Å².